The number of ether oxygens (including phenoxy) is 2. The van der Waals surface area contributed by atoms with Gasteiger partial charge in [-0.25, -0.2) is 4.39 Å². The Bertz CT molecular complexity index is 3120. The minimum absolute atomic E-state index is 0.00264. The van der Waals surface area contributed by atoms with Gasteiger partial charge in [0.1, 0.15) is 41.0 Å². The Kier molecular flexibility index (Phi) is 16.6. The quantitative estimate of drug-likeness (QED) is 0.0525. The monoisotopic (exact) mass is 1080 g/mol. The van der Waals surface area contributed by atoms with Crippen molar-refractivity contribution in [2.75, 3.05) is 85.1 Å². The number of nitrogens with one attached hydrogen (secondary N) is 2. The third kappa shape index (κ3) is 12.0. The molecule has 1 saturated carbocycles. The molecule has 4 heterocycles. The van der Waals surface area contributed by atoms with Crippen LogP contribution in [0.25, 0.3) is 34.2 Å². The second kappa shape index (κ2) is 23.3. The highest BCUT2D eigenvalue weighted by atomic mass is 19.4. The first kappa shape index (κ1) is 55.5. The Labute approximate surface area is 451 Å². The van der Waals surface area contributed by atoms with Crippen LogP contribution in [0.4, 0.5) is 23.2 Å². The molecule has 6 aromatic rings. The fraction of sp³-hybridized carbons (Fsp3) is 0.464. The molecule has 2 aliphatic heterocycles. The van der Waals surface area contributed by atoms with E-state index in [0.29, 0.717) is 66.6 Å². The zero-order valence-corrected chi connectivity index (χ0v) is 45.2. The van der Waals surface area contributed by atoms with Crippen LogP contribution in [0.1, 0.15) is 103 Å². The van der Waals surface area contributed by atoms with E-state index in [4.69, 9.17) is 14.6 Å². The maximum absolute atomic E-state index is 16.4. The molecule has 9 rings (SSSR count). The molecule has 0 radical (unpaired) electrons. The van der Waals surface area contributed by atoms with E-state index in [1.54, 1.807) is 35.9 Å². The van der Waals surface area contributed by atoms with E-state index in [2.05, 4.69) is 30.2 Å². The number of likely N-dealkylation sites (N-methyl/N-ethyl adjacent to an activating group) is 1. The lowest BCUT2D eigenvalue weighted by molar-refractivity contribution is -0.587. The van der Waals surface area contributed by atoms with Crippen molar-refractivity contribution in [3.63, 3.8) is 0 Å². The molecule has 4 aromatic carbocycles. The molecule has 3 fully saturated rings. The van der Waals surface area contributed by atoms with Crippen LogP contribution < -0.4 is 29.6 Å². The van der Waals surface area contributed by atoms with E-state index in [-0.39, 0.29) is 76.5 Å². The summed E-state index contributed by atoms with van der Waals surface area (Å²) in [6.07, 6.45) is -0.966. The van der Waals surface area contributed by atoms with Gasteiger partial charge in [0.15, 0.2) is 12.5 Å². The maximum Gasteiger partial charge on any atom is 0.405 e. The zero-order valence-electron chi connectivity index (χ0n) is 45.2. The van der Waals surface area contributed by atoms with Crippen molar-refractivity contribution < 1.29 is 51.4 Å². The van der Waals surface area contributed by atoms with E-state index in [9.17, 15) is 33.0 Å². The predicted octanol–water partition coefficient (Wildman–Crippen LogP) is 7.38. The molecule has 416 valence electrons. The number of phenols is 2. The van der Waals surface area contributed by atoms with Crippen LogP contribution in [0, 0.1) is 5.82 Å². The van der Waals surface area contributed by atoms with Crippen LogP contribution >= 0.6 is 0 Å². The summed E-state index contributed by atoms with van der Waals surface area (Å²) in [6, 6.07) is 18.5. The van der Waals surface area contributed by atoms with Crippen molar-refractivity contribution in [1.29, 1.82) is 0 Å². The van der Waals surface area contributed by atoms with Gasteiger partial charge in [0, 0.05) is 105 Å². The normalized spacial score (nSPS) is 16.1. The number of anilines is 1. The fourth-order valence-electron chi connectivity index (χ4n) is 10.6. The van der Waals surface area contributed by atoms with Crippen molar-refractivity contribution >= 4 is 17.5 Å². The molecule has 4 N–H and O–H groups in total. The van der Waals surface area contributed by atoms with E-state index in [1.807, 2.05) is 75.3 Å². The van der Waals surface area contributed by atoms with Crippen molar-refractivity contribution in [2.24, 2.45) is 0 Å². The summed E-state index contributed by atoms with van der Waals surface area (Å²) in [5.74, 6) is -1.54. The number of rotatable bonds is 17. The van der Waals surface area contributed by atoms with Gasteiger partial charge in [-0.3, -0.25) is 24.0 Å². The highest BCUT2D eigenvalue weighted by Gasteiger charge is 2.39. The summed E-state index contributed by atoms with van der Waals surface area (Å²) in [6.45, 7) is 11.5. The Balaban J connectivity index is 1.03. The SMILES string of the molecule is COc1cc(O)c(-c2nnc(C(=O)NC3CCCC3)n2-c2ccc(N3CCN(Cn4nc(-c5cc(C(C)C)c(OC)cc5O)[n+](-c5ccc(CN6CCN(C)CC6)c(F)c5)c4C(=O)NCC(F)(F)F)CC3)cc2)cc1C(C)C. The molecule has 2 saturated heterocycles. The van der Waals surface area contributed by atoms with Crippen LogP contribution in [0.15, 0.2) is 66.7 Å². The molecule has 3 aliphatic rings. The predicted molar refractivity (Wildman–Crippen MR) is 285 cm³/mol. The number of carbonyl (C=O) groups excluding carboxylic acids is 2. The Morgan fingerprint density at radius 2 is 1.35 bits per heavy atom. The van der Waals surface area contributed by atoms with Gasteiger partial charge >= 0.3 is 23.7 Å². The third-order valence-corrected chi connectivity index (χ3v) is 15.0. The van der Waals surface area contributed by atoms with Crippen molar-refractivity contribution in [1.82, 2.24) is 49.9 Å². The number of methoxy groups -OCH3 is 2. The number of hydrogen-bond acceptors (Lipinski definition) is 13. The lowest BCUT2D eigenvalue weighted by Gasteiger charge is -2.35. The number of phenolic OH excluding ortho intramolecular Hbond substituents is 2. The summed E-state index contributed by atoms with van der Waals surface area (Å²) >= 11 is 0. The standard InChI is InChI=1S/C56H68F4N12O6/c1-34(2)41-27-43(46(73)29-48(41)77-6)50-63-64-52(53(75)62-37-10-8-9-11-37)71(50)39-16-14-38(15-17-39)69-24-22-68(23-25-69)33-70-55(54(76)61-32-56(58,59)60)72(51(65-70)44-28-42(35(3)4)49(78-7)30-47(44)74)40-13-12-36(45(57)26-40)31-67-20-18-66(5)19-21-67/h12-17,26-30,34-35,37H,8-11,18-25,31-33H2,1-7H3,(H3-,61,62,63,65,73,74,75,76)/p+1. The second-order valence-electron chi connectivity index (χ2n) is 21.1. The molecule has 0 unspecified atom stereocenters. The van der Waals surface area contributed by atoms with Crippen LogP contribution in [0.2, 0.25) is 0 Å². The van der Waals surface area contributed by atoms with Gasteiger partial charge in [-0.15, -0.1) is 10.2 Å². The number of hydrogen-bond donors (Lipinski definition) is 4. The fourth-order valence-corrected chi connectivity index (χ4v) is 10.6. The van der Waals surface area contributed by atoms with Gasteiger partial charge in [-0.1, -0.05) is 51.3 Å². The van der Waals surface area contributed by atoms with Crippen molar-refractivity contribution in [3.05, 3.63) is 101 Å². The summed E-state index contributed by atoms with van der Waals surface area (Å²) < 4.78 is 73.3. The number of aromatic nitrogens is 6. The number of nitrogens with zero attached hydrogens (tertiary/aromatic N) is 10. The van der Waals surface area contributed by atoms with Crippen molar-refractivity contribution in [3.8, 4) is 57.1 Å². The van der Waals surface area contributed by atoms with Gasteiger partial charge < -0.3 is 40.1 Å². The minimum atomic E-state index is -4.75. The number of aromatic hydroxyl groups is 2. The number of halogens is 4. The minimum Gasteiger partial charge on any atom is -0.507 e. The molecule has 22 heteroatoms. The summed E-state index contributed by atoms with van der Waals surface area (Å²) in [5.41, 5.74) is 4.04. The van der Waals surface area contributed by atoms with Crippen LogP contribution in [-0.4, -0.2) is 154 Å². The summed E-state index contributed by atoms with van der Waals surface area (Å²) in [5, 5.41) is 41.8. The van der Waals surface area contributed by atoms with Crippen LogP contribution in [-0.2, 0) is 13.2 Å². The third-order valence-electron chi connectivity index (χ3n) is 15.0. The zero-order chi connectivity index (χ0) is 55.6. The van der Waals surface area contributed by atoms with E-state index in [0.717, 1.165) is 63.1 Å². The summed E-state index contributed by atoms with van der Waals surface area (Å²) in [7, 11) is 5.05. The van der Waals surface area contributed by atoms with Gasteiger partial charge in [0.05, 0.1) is 25.3 Å². The number of amides is 2. The average molecular weight is 1080 g/mol. The van der Waals surface area contributed by atoms with Crippen LogP contribution in [0.5, 0.6) is 23.0 Å². The van der Waals surface area contributed by atoms with Gasteiger partial charge in [0.25, 0.3) is 5.91 Å². The molecule has 0 spiro atoms. The topological polar surface area (TPSA) is 182 Å². The number of benzene rings is 4. The first-order valence-corrected chi connectivity index (χ1v) is 26.5. The number of alkyl halides is 3. The first-order chi connectivity index (χ1) is 37.3. The Morgan fingerprint density at radius 3 is 1.94 bits per heavy atom. The second-order valence-corrected chi connectivity index (χ2v) is 21.1. The first-order valence-electron chi connectivity index (χ1n) is 26.5. The molecule has 0 atom stereocenters. The summed E-state index contributed by atoms with van der Waals surface area (Å²) in [4.78, 5) is 36.7. The van der Waals surface area contributed by atoms with Gasteiger partial charge in [-0.2, -0.15) is 17.7 Å². The number of carbonyl (C=O) groups is 2. The van der Waals surface area contributed by atoms with Crippen LogP contribution in [0.3, 0.4) is 0 Å². The number of piperazine rings is 2. The van der Waals surface area contributed by atoms with Gasteiger partial charge in [-0.05, 0) is 85.3 Å². The smallest absolute Gasteiger partial charge is 0.405 e. The van der Waals surface area contributed by atoms with E-state index < -0.39 is 24.4 Å². The molecule has 2 aromatic heterocycles. The molecule has 1 aliphatic carbocycles. The Hall–Kier alpha value is -7.30. The molecular formula is C56H69F4N12O6+. The van der Waals surface area contributed by atoms with E-state index >= 15 is 4.39 Å². The highest BCUT2D eigenvalue weighted by molar-refractivity contribution is 5.93. The largest absolute Gasteiger partial charge is 0.507 e. The Morgan fingerprint density at radius 1 is 0.756 bits per heavy atom. The molecule has 2 amide bonds. The maximum atomic E-state index is 16.4. The van der Waals surface area contributed by atoms with Gasteiger partial charge in [0.2, 0.25) is 5.82 Å². The average Bonchev–Trinajstić information content (AvgIpc) is 4.34. The highest BCUT2D eigenvalue weighted by Crippen LogP contribution is 2.40. The lowest BCUT2D eigenvalue weighted by atomic mass is 9.98. The molecule has 18 nitrogen and oxygen atoms in total. The molecule has 0 bridgehead atoms. The van der Waals surface area contributed by atoms with E-state index in [1.165, 1.54) is 28.5 Å². The van der Waals surface area contributed by atoms with Crippen molar-refractivity contribution in [2.45, 2.75) is 90.6 Å². The molecule has 78 heavy (non-hydrogen) atoms. The lowest BCUT2D eigenvalue weighted by Crippen LogP contribution is -2.49. The molecular weight excluding hydrogens is 1010 g/mol.